The molecule has 0 fully saturated rings. The van der Waals surface area contributed by atoms with Gasteiger partial charge in [0, 0.05) is 23.1 Å². The molecule has 6 nitrogen and oxygen atoms in total. The zero-order valence-corrected chi connectivity index (χ0v) is 20.5. The standard InChI is InChI=1S/C25H23N5OS2/c1-14-8-10-17(11-9-14)20-16(3)33-24-21(20)23(31)26-19(27-24)13-32-25-29-28-22(30(25)4)18-7-5-6-15(2)12-18/h5-12H,13H2,1-4H3,(H,26,27,31). The van der Waals surface area contributed by atoms with E-state index < -0.39 is 0 Å². The molecule has 8 heteroatoms. The van der Waals surface area contributed by atoms with Crippen molar-refractivity contribution in [2.24, 2.45) is 7.05 Å². The SMILES string of the molecule is Cc1ccc(-c2c(C)sc3nc(CSc4nnc(-c5cccc(C)c5)n4C)[nH]c(=O)c23)cc1. The van der Waals surface area contributed by atoms with E-state index in [1.807, 2.05) is 30.7 Å². The highest BCUT2D eigenvalue weighted by molar-refractivity contribution is 7.98. The number of nitrogens with zero attached hydrogens (tertiary/aromatic N) is 4. The molecular formula is C25H23N5OS2. The minimum absolute atomic E-state index is 0.103. The van der Waals surface area contributed by atoms with Gasteiger partial charge in [-0.05, 0) is 32.4 Å². The highest BCUT2D eigenvalue weighted by Crippen LogP contribution is 2.36. The van der Waals surface area contributed by atoms with E-state index in [9.17, 15) is 4.79 Å². The number of thioether (sulfide) groups is 1. The third-order valence-electron chi connectivity index (χ3n) is 5.58. The summed E-state index contributed by atoms with van der Waals surface area (Å²) in [4.78, 5) is 22.6. The Balaban J connectivity index is 1.43. The van der Waals surface area contributed by atoms with Crippen LogP contribution in [0.5, 0.6) is 0 Å². The zero-order chi connectivity index (χ0) is 23.1. The molecule has 0 saturated carbocycles. The topological polar surface area (TPSA) is 76.5 Å². The molecule has 0 radical (unpaired) electrons. The molecule has 0 aliphatic rings. The summed E-state index contributed by atoms with van der Waals surface area (Å²) < 4.78 is 1.97. The fraction of sp³-hybridized carbons (Fsp3) is 0.200. The first-order valence-electron chi connectivity index (χ1n) is 10.6. The zero-order valence-electron chi connectivity index (χ0n) is 18.8. The first-order valence-corrected chi connectivity index (χ1v) is 12.4. The van der Waals surface area contributed by atoms with E-state index in [0.29, 0.717) is 17.0 Å². The Labute approximate surface area is 199 Å². The summed E-state index contributed by atoms with van der Waals surface area (Å²) in [5.74, 6) is 1.95. The van der Waals surface area contributed by atoms with Gasteiger partial charge in [-0.1, -0.05) is 65.4 Å². The van der Waals surface area contributed by atoms with E-state index in [0.717, 1.165) is 37.4 Å². The second-order valence-electron chi connectivity index (χ2n) is 8.12. The monoisotopic (exact) mass is 473 g/mol. The molecule has 1 N–H and O–H groups in total. The minimum atomic E-state index is -0.103. The fourth-order valence-corrected chi connectivity index (χ4v) is 5.75. The predicted molar refractivity (Wildman–Crippen MR) is 136 cm³/mol. The van der Waals surface area contributed by atoms with Crippen molar-refractivity contribution >= 4 is 33.3 Å². The summed E-state index contributed by atoms with van der Waals surface area (Å²) >= 11 is 3.07. The van der Waals surface area contributed by atoms with Gasteiger partial charge in [0.1, 0.15) is 10.7 Å². The third kappa shape index (κ3) is 4.12. The molecule has 5 aromatic rings. The Hall–Kier alpha value is -3.23. The van der Waals surface area contributed by atoms with Crippen LogP contribution in [-0.4, -0.2) is 24.7 Å². The lowest BCUT2D eigenvalue weighted by Gasteiger charge is -2.05. The van der Waals surface area contributed by atoms with Crippen LogP contribution in [0.2, 0.25) is 0 Å². The van der Waals surface area contributed by atoms with Crippen LogP contribution in [0.4, 0.5) is 0 Å². The lowest BCUT2D eigenvalue weighted by atomic mass is 10.0. The van der Waals surface area contributed by atoms with Crippen molar-refractivity contribution in [1.29, 1.82) is 0 Å². The van der Waals surface area contributed by atoms with Gasteiger partial charge in [-0.25, -0.2) is 4.98 Å². The average molecular weight is 474 g/mol. The number of fused-ring (bicyclic) bond motifs is 1. The fourth-order valence-electron chi connectivity index (χ4n) is 3.91. The molecule has 5 rings (SSSR count). The second-order valence-corrected chi connectivity index (χ2v) is 10.3. The largest absolute Gasteiger partial charge is 0.309 e. The van der Waals surface area contributed by atoms with Gasteiger partial charge in [0.05, 0.1) is 11.1 Å². The summed E-state index contributed by atoms with van der Waals surface area (Å²) in [5.41, 5.74) is 5.31. The van der Waals surface area contributed by atoms with Crippen molar-refractivity contribution in [2.75, 3.05) is 0 Å². The Morgan fingerprint density at radius 2 is 1.79 bits per heavy atom. The quantitative estimate of drug-likeness (QED) is 0.333. The molecule has 0 aliphatic carbocycles. The van der Waals surface area contributed by atoms with Crippen molar-refractivity contribution in [2.45, 2.75) is 31.7 Å². The van der Waals surface area contributed by atoms with Crippen molar-refractivity contribution < 1.29 is 0 Å². The molecule has 0 atom stereocenters. The lowest BCUT2D eigenvalue weighted by molar-refractivity contribution is 0.793. The highest BCUT2D eigenvalue weighted by Gasteiger charge is 2.17. The van der Waals surface area contributed by atoms with Crippen molar-refractivity contribution in [1.82, 2.24) is 24.7 Å². The Morgan fingerprint density at radius 3 is 2.55 bits per heavy atom. The first kappa shape index (κ1) is 21.6. The molecule has 3 aromatic heterocycles. The number of aromatic nitrogens is 5. The number of thiophene rings is 1. The normalized spacial score (nSPS) is 11.4. The average Bonchev–Trinajstić information content (AvgIpc) is 3.32. The van der Waals surface area contributed by atoms with E-state index in [2.05, 4.69) is 65.4 Å². The predicted octanol–water partition coefficient (Wildman–Crippen LogP) is 5.66. The van der Waals surface area contributed by atoms with Gasteiger partial charge in [0.15, 0.2) is 11.0 Å². The van der Waals surface area contributed by atoms with E-state index in [4.69, 9.17) is 4.98 Å². The number of aryl methyl sites for hydroxylation is 3. The maximum Gasteiger partial charge on any atom is 0.260 e. The van der Waals surface area contributed by atoms with Crippen LogP contribution in [0, 0.1) is 20.8 Å². The molecule has 33 heavy (non-hydrogen) atoms. The third-order valence-corrected chi connectivity index (χ3v) is 7.61. The molecule has 3 heterocycles. The molecule has 0 amide bonds. The van der Waals surface area contributed by atoms with E-state index in [-0.39, 0.29) is 5.56 Å². The molecular weight excluding hydrogens is 450 g/mol. The van der Waals surface area contributed by atoms with Gasteiger partial charge in [0.2, 0.25) is 0 Å². The molecule has 0 bridgehead atoms. The summed E-state index contributed by atoms with van der Waals surface area (Å²) in [5, 5.41) is 10.1. The van der Waals surface area contributed by atoms with E-state index >= 15 is 0 Å². The number of rotatable bonds is 5. The maximum atomic E-state index is 13.0. The van der Waals surface area contributed by atoms with Gasteiger partial charge in [-0.2, -0.15) is 0 Å². The van der Waals surface area contributed by atoms with Crippen LogP contribution in [0.3, 0.4) is 0 Å². The van der Waals surface area contributed by atoms with Crippen molar-refractivity contribution in [3.63, 3.8) is 0 Å². The summed E-state index contributed by atoms with van der Waals surface area (Å²) in [6.07, 6.45) is 0. The Morgan fingerprint density at radius 1 is 1.00 bits per heavy atom. The van der Waals surface area contributed by atoms with Crippen molar-refractivity contribution in [3.8, 4) is 22.5 Å². The van der Waals surface area contributed by atoms with Gasteiger partial charge in [-0.3, -0.25) is 4.79 Å². The van der Waals surface area contributed by atoms with Crippen LogP contribution in [-0.2, 0) is 12.8 Å². The molecule has 166 valence electrons. The van der Waals surface area contributed by atoms with Gasteiger partial charge in [-0.15, -0.1) is 21.5 Å². The number of aromatic amines is 1. The molecule has 0 spiro atoms. The first-order chi connectivity index (χ1) is 15.9. The van der Waals surface area contributed by atoms with Gasteiger partial charge >= 0.3 is 0 Å². The number of hydrogen-bond acceptors (Lipinski definition) is 6. The Kier molecular flexibility index (Phi) is 5.64. The van der Waals surface area contributed by atoms with Crippen LogP contribution < -0.4 is 5.56 Å². The smallest absolute Gasteiger partial charge is 0.260 e. The number of H-pyrrole nitrogens is 1. The van der Waals surface area contributed by atoms with Crippen LogP contribution >= 0.6 is 23.1 Å². The highest BCUT2D eigenvalue weighted by atomic mass is 32.2. The van der Waals surface area contributed by atoms with Crippen LogP contribution in [0.15, 0.2) is 58.5 Å². The molecule has 0 saturated heterocycles. The van der Waals surface area contributed by atoms with Gasteiger partial charge < -0.3 is 9.55 Å². The van der Waals surface area contributed by atoms with Crippen LogP contribution in [0.1, 0.15) is 21.8 Å². The number of benzene rings is 2. The summed E-state index contributed by atoms with van der Waals surface area (Å²) in [7, 11) is 1.95. The summed E-state index contributed by atoms with van der Waals surface area (Å²) in [6, 6.07) is 16.5. The van der Waals surface area contributed by atoms with E-state index in [1.165, 1.54) is 22.9 Å². The Bertz CT molecular complexity index is 1530. The molecule has 0 aliphatic heterocycles. The minimum Gasteiger partial charge on any atom is -0.309 e. The molecule has 2 aromatic carbocycles. The van der Waals surface area contributed by atoms with Crippen molar-refractivity contribution in [3.05, 3.63) is 80.7 Å². The lowest BCUT2D eigenvalue weighted by Crippen LogP contribution is -2.11. The number of hydrogen-bond donors (Lipinski definition) is 1. The van der Waals surface area contributed by atoms with E-state index in [1.54, 1.807) is 11.3 Å². The summed E-state index contributed by atoms with van der Waals surface area (Å²) in [6.45, 7) is 6.16. The maximum absolute atomic E-state index is 13.0. The molecule has 0 unspecified atom stereocenters. The van der Waals surface area contributed by atoms with Crippen LogP contribution in [0.25, 0.3) is 32.7 Å². The number of nitrogens with one attached hydrogen (secondary N) is 1. The second kappa shape index (κ2) is 8.61. The van der Waals surface area contributed by atoms with Gasteiger partial charge in [0.25, 0.3) is 5.56 Å².